The van der Waals surface area contributed by atoms with Crippen LogP contribution < -0.4 is 0 Å². The number of aromatic nitrogens is 1. The van der Waals surface area contributed by atoms with Gasteiger partial charge in [-0.2, -0.15) is 0 Å². The molecule has 2 heteroatoms. The molecule has 0 N–H and O–H groups in total. The molecule has 0 aliphatic carbocycles. The number of pyridine rings is 1. The third kappa shape index (κ3) is 6.05. The Kier molecular flexibility index (Phi) is 7.86. The van der Waals surface area contributed by atoms with E-state index in [4.69, 9.17) is 9.40 Å². The third-order valence-electron chi connectivity index (χ3n) is 11.3. The Labute approximate surface area is 331 Å². The summed E-state index contributed by atoms with van der Waals surface area (Å²) < 4.78 is 6.06. The fourth-order valence-electron chi connectivity index (χ4n) is 8.24. The van der Waals surface area contributed by atoms with E-state index in [1.807, 2.05) is 18.2 Å². The van der Waals surface area contributed by atoms with Gasteiger partial charge in [0.1, 0.15) is 11.2 Å². The van der Waals surface area contributed by atoms with Crippen LogP contribution in [0.1, 0.15) is 0 Å². The first-order chi connectivity index (χ1) is 28.2. The fourth-order valence-corrected chi connectivity index (χ4v) is 8.24. The molecule has 11 aromatic rings. The largest absolute Gasteiger partial charge is 0.456 e. The van der Waals surface area contributed by atoms with Gasteiger partial charge in [0.15, 0.2) is 0 Å². The Hall–Kier alpha value is -7.55. The molecule has 2 heterocycles. The van der Waals surface area contributed by atoms with E-state index < -0.39 is 0 Å². The normalized spacial score (nSPS) is 11.5. The van der Waals surface area contributed by atoms with E-state index in [2.05, 4.69) is 194 Å². The molecule has 0 aliphatic rings. The van der Waals surface area contributed by atoms with Crippen LogP contribution in [0, 0.1) is 0 Å². The molecule has 57 heavy (non-hydrogen) atoms. The predicted octanol–water partition coefficient (Wildman–Crippen LogP) is 15.3. The van der Waals surface area contributed by atoms with E-state index in [1.165, 1.54) is 54.9 Å². The Balaban J connectivity index is 0.890. The quantitative estimate of drug-likeness (QED) is 0.160. The van der Waals surface area contributed by atoms with E-state index >= 15 is 0 Å². The topological polar surface area (TPSA) is 26.0 Å². The molecule has 2 nitrogen and oxygen atoms in total. The molecule has 0 atom stereocenters. The summed E-state index contributed by atoms with van der Waals surface area (Å²) in [5.74, 6) is 0. The number of fused-ring (bicyclic) bond motifs is 6. The van der Waals surface area contributed by atoms with Gasteiger partial charge in [0.2, 0.25) is 0 Å². The van der Waals surface area contributed by atoms with Crippen molar-refractivity contribution in [3.05, 3.63) is 212 Å². The highest BCUT2D eigenvalue weighted by molar-refractivity contribution is 6.08. The first-order valence-corrected chi connectivity index (χ1v) is 19.4. The molecule has 0 unspecified atom stereocenters. The van der Waals surface area contributed by atoms with Gasteiger partial charge in [-0.25, -0.2) is 4.98 Å². The van der Waals surface area contributed by atoms with E-state index in [1.54, 1.807) is 0 Å². The van der Waals surface area contributed by atoms with Crippen molar-refractivity contribution >= 4 is 43.5 Å². The highest BCUT2D eigenvalue weighted by Gasteiger charge is 2.12. The van der Waals surface area contributed by atoms with Gasteiger partial charge in [-0.1, -0.05) is 176 Å². The van der Waals surface area contributed by atoms with E-state index in [-0.39, 0.29) is 0 Å². The summed E-state index contributed by atoms with van der Waals surface area (Å²) in [7, 11) is 0. The van der Waals surface area contributed by atoms with E-state index in [9.17, 15) is 0 Å². The molecule has 0 spiro atoms. The lowest BCUT2D eigenvalue weighted by molar-refractivity contribution is 0.669. The lowest BCUT2D eigenvalue weighted by Gasteiger charge is -2.12. The minimum atomic E-state index is 0.915. The van der Waals surface area contributed by atoms with E-state index in [0.717, 1.165) is 55.6 Å². The molecule has 0 radical (unpaired) electrons. The molecule has 0 bridgehead atoms. The van der Waals surface area contributed by atoms with Gasteiger partial charge in [0.25, 0.3) is 0 Å². The summed E-state index contributed by atoms with van der Waals surface area (Å²) in [6.07, 6.45) is 0. The van der Waals surface area contributed by atoms with Crippen molar-refractivity contribution in [1.29, 1.82) is 0 Å². The molecule has 2 aromatic heterocycles. The second-order valence-corrected chi connectivity index (χ2v) is 14.8. The summed E-state index contributed by atoms with van der Waals surface area (Å²) in [6, 6.07) is 75.9. The summed E-state index contributed by atoms with van der Waals surface area (Å²) >= 11 is 0. The van der Waals surface area contributed by atoms with Crippen molar-refractivity contribution in [3.63, 3.8) is 0 Å². The standard InChI is InChI=1S/C55H35NO/c1-2-9-42(10-3-1)52-34-47(35-53(56-52)43-25-22-38(23-26-43)44-28-30-49-46(32-44)27-24-41-8-4-5-11-48(41)49)40-20-16-37(17-21-40)36-14-18-39(19-15-36)45-29-31-55-51(33-45)50-12-6-7-13-54(50)57-55/h1-35H. The van der Waals surface area contributed by atoms with Crippen molar-refractivity contribution in [2.75, 3.05) is 0 Å². The average Bonchev–Trinajstić information content (AvgIpc) is 3.67. The minimum Gasteiger partial charge on any atom is -0.456 e. The minimum absolute atomic E-state index is 0.915. The number of hydrogen-bond acceptors (Lipinski definition) is 2. The van der Waals surface area contributed by atoms with Crippen molar-refractivity contribution in [3.8, 4) is 67.0 Å². The van der Waals surface area contributed by atoms with Crippen LogP contribution >= 0.6 is 0 Å². The SMILES string of the molecule is c1ccc(-c2cc(-c3ccc(-c4ccc(-c5ccc6oc7ccccc7c6c5)cc4)cc3)cc(-c3ccc(-c4ccc5c(ccc6ccccc65)c4)cc3)n2)cc1. The average molecular weight is 726 g/mol. The van der Waals surface area contributed by atoms with Crippen LogP contribution in [0.3, 0.4) is 0 Å². The number of nitrogens with zero attached hydrogens (tertiary/aromatic N) is 1. The van der Waals surface area contributed by atoms with Gasteiger partial charge in [-0.05, 0) is 102 Å². The van der Waals surface area contributed by atoms with Crippen LogP contribution in [0.5, 0.6) is 0 Å². The number of hydrogen-bond donors (Lipinski definition) is 0. The Bertz CT molecular complexity index is 3250. The molecule has 0 saturated heterocycles. The van der Waals surface area contributed by atoms with E-state index in [0.29, 0.717) is 0 Å². The Morgan fingerprint density at radius 1 is 0.246 bits per heavy atom. The van der Waals surface area contributed by atoms with Crippen molar-refractivity contribution in [2.45, 2.75) is 0 Å². The molecule has 0 amide bonds. The number of rotatable bonds is 6. The lowest BCUT2D eigenvalue weighted by atomic mass is 9.95. The Morgan fingerprint density at radius 2 is 0.702 bits per heavy atom. The first-order valence-electron chi connectivity index (χ1n) is 19.4. The smallest absolute Gasteiger partial charge is 0.135 e. The van der Waals surface area contributed by atoms with Gasteiger partial charge in [-0.15, -0.1) is 0 Å². The fraction of sp³-hybridized carbons (Fsp3) is 0. The zero-order chi connectivity index (χ0) is 37.7. The van der Waals surface area contributed by atoms with Crippen molar-refractivity contribution < 1.29 is 4.42 Å². The summed E-state index contributed by atoms with van der Waals surface area (Å²) in [5, 5.41) is 7.37. The number of furan rings is 1. The summed E-state index contributed by atoms with van der Waals surface area (Å²) in [4.78, 5) is 5.19. The zero-order valence-corrected chi connectivity index (χ0v) is 31.1. The van der Waals surface area contributed by atoms with Gasteiger partial charge in [0.05, 0.1) is 11.4 Å². The molecule has 0 fully saturated rings. The second-order valence-electron chi connectivity index (χ2n) is 14.8. The lowest BCUT2D eigenvalue weighted by Crippen LogP contribution is -1.91. The van der Waals surface area contributed by atoms with Crippen LogP contribution in [-0.4, -0.2) is 4.98 Å². The molecular weight excluding hydrogens is 691 g/mol. The van der Waals surface area contributed by atoms with Gasteiger partial charge >= 0.3 is 0 Å². The van der Waals surface area contributed by atoms with Crippen LogP contribution in [0.4, 0.5) is 0 Å². The van der Waals surface area contributed by atoms with Gasteiger partial charge < -0.3 is 4.42 Å². The Morgan fingerprint density at radius 3 is 1.40 bits per heavy atom. The first kappa shape index (κ1) is 32.8. The molecular formula is C55H35NO. The van der Waals surface area contributed by atoms with Crippen LogP contribution in [-0.2, 0) is 0 Å². The molecule has 0 saturated carbocycles. The maximum atomic E-state index is 6.06. The monoisotopic (exact) mass is 725 g/mol. The molecule has 266 valence electrons. The summed E-state index contributed by atoms with van der Waals surface area (Å²) in [6.45, 7) is 0. The highest BCUT2D eigenvalue weighted by Crippen LogP contribution is 2.36. The summed E-state index contributed by atoms with van der Waals surface area (Å²) in [5.41, 5.74) is 15.3. The maximum Gasteiger partial charge on any atom is 0.135 e. The molecule has 9 aromatic carbocycles. The van der Waals surface area contributed by atoms with Crippen LogP contribution in [0.2, 0.25) is 0 Å². The second kappa shape index (κ2) is 13.6. The molecule has 0 aliphatic heterocycles. The zero-order valence-electron chi connectivity index (χ0n) is 31.1. The van der Waals surface area contributed by atoms with Gasteiger partial charge in [-0.3, -0.25) is 0 Å². The number of para-hydroxylation sites is 1. The number of benzene rings is 9. The van der Waals surface area contributed by atoms with Crippen molar-refractivity contribution in [1.82, 2.24) is 4.98 Å². The van der Waals surface area contributed by atoms with Crippen LogP contribution in [0.25, 0.3) is 111 Å². The van der Waals surface area contributed by atoms with Gasteiger partial charge in [0, 0.05) is 21.9 Å². The third-order valence-corrected chi connectivity index (χ3v) is 11.3. The van der Waals surface area contributed by atoms with Crippen molar-refractivity contribution in [2.24, 2.45) is 0 Å². The van der Waals surface area contributed by atoms with Crippen LogP contribution in [0.15, 0.2) is 217 Å². The molecule has 11 rings (SSSR count). The maximum absolute atomic E-state index is 6.06. The predicted molar refractivity (Wildman–Crippen MR) is 239 cm³/mol. The highest BCUT2D eigenvalue weighted by atomic mass is 16.3.